The van der Waals surface area contributed by atoms with E-state index in [1.165, 1.54) is 0 Å². The van der Waals surface area contributed by atoms with Gasteiger partial charge in [0.05, 0.1) is 17.3 Å². The molecule has 1 aliphatic rings. The Morgan fingerprint density at radius 3 is 2.14 bits per heavy atom. The lowest BCUT2D eigenvalue weighted by Gasteiger charge is -2.32. The molecule has 0 bridgehead atoms. The molecule has 2 atom stereocenters. The van der Waals surface area contributed by atoms with Crippen LogP contribution in [-0.2, 0) is 18.8 Å². The van der Waals surface area contributed by atoms with Gasteiger partial charge in [0.15, 0.2) is 0 Å². The average Bonchev–Trinajstić information content (AvgIpc) is 2.61. The van der Waals surface area contributed by atoms with Crippen molar-refractivity contribution in [3.63, 3.8) is 0 Å². The first-order valence-electron chi connectivity index (χ1n) is 8.26. The summed E-state index contributed by atoms with van der Waals surface area (Å²) in [6.45, 7) is 13.0. The molecule has 22 heavy (non-hydrogen) atoms. The van der Waals surface area contributed by atoms with Gasteiger partial charge in [0.2, 0.25) is 0 Å². The fraction of sp³-hybridized carbons (Fsp3) is 0.938. The Hall–Kier alpha value is -0.585. The van der Waals surface area contributed by atoms with Crippen LogP contribution in [0.2, 0.25) is 5.82 Å². The van der Waals surface area contributed by atoms with Gasteiger partial charge in [0.1, 0.15) is 0 Å². The summed E-state index contributed by atoms with van der Waals surface area (Å²) in [6.07, 6.45) is 2.74. The normalized spacial score (nSPS) is 22.5. The van der Waals surface area contributed by atoms with Gasteiger partial charge in [-0.15, -0.1) is 0 Å². The summed E-state index contributed by atoms with van der Waals surface area (Å²) >= 11 is 0. The molecule has 1 rings (SSSR count). The third-order valence-corrected chi connectivity index (χ3v) is 4.86. The smallest absolute Gasteiger partial charge is 0.463 e. The van der Waals surface area contributed by atoms with Crippen molar-refractivity contribution in [2.24, 2.45) is 0 Å². The highest BCUT2D eigenvalue weighted by Gasteiger charge is 2.53. The molecule has 0 spiro atoms. The Bertz CT molecular complexity index is 354. The molecular formula is C16H31BO5. The summed E-state index contributed by atoms with van der Waals surface area (Å²) in [5, 5.41) is 8.58. The molecule has 1 heterocycles. The Labute approximate surface area is 134 Å². The number of unbranched alkanes of at least 4 members (excludes halogenated alkanes) is 2. The molecule has 0 aromatic carbocycles. The third-order valence-electron chi connectivity index (χ3n) is 4.86. The van der Waals surface area contributed by atoms with E-state index in [9.17, 15) is 4.79 Å². The Balaban J connectivity index is 2.28. The van der Waals surface area contributed by atoms with Crippen LogP contribution in [0, 0.1) is 0 Å². The van der Waals surface area contributed by atoms with E-state index in [2.05, 4.69) is 6.92 Å². The monoisotopic (exact) mass is 314 g/mol. The first kappa shape index (κ1) is 19.5. The summed E-state index contributed by atoms with van der Waals surface area (Å²) in [5.41, 5.74) is -0.634. The van der Waals surface area contributed by atoms with Crippen LogP contribution < -0.4 is 0 Å². The van der Waals surface area contributed by atoms with Crippen molar-refractivity contribution >= 4 is 13.1 Å². The highest BCUT2D eigenvalue weighted by molar-refractivity contribution is 6.47. The molecule has 0 saturated carbocycles. The second-order valence-corrected chi connectivity index (χ2v) is 7.26. The molecule has 1 aliphatic heterocycles. The van der Waals surface area contributed by atoms with Crippen LogP contribution in [0.1, 0.15) is 67.2 Å². The summed E-state index contributed by atoms with van der Waals surface area (Å²) in [5.74, 6) is -0.594. The van der Waals surface area contributed by atoms with Crippen LogP contribution in [0.15, 0.2) is 0 Å². The standard InChI is InChI=1S/C16H31BO5/c1-12(17-21-15(3,4)16(5,6)22-17)13(2)20-11-9-7-8-10-14(18)19/h12-13H,7-11H2,1-6H3,(H,18,19)/t12?,13-/m0/s1. The van der Waals surface area contributed by atoms with Gasteiger partial charge < -0.3 is 19.2 Å². The summed E-state index contributed by atoms with van der Waals surface area (Å²) in [4.78, 5) is 10.4. The first-order valence-corrected chi connectivity index (χ1v) is 8.26. The second kappa shape index (κ2) is 7.80. The van der Waals surface area contributed by atoms with E-state index in [4.69, 9.17) is 19.2 Å². The van der Waals surface area contributed by atoms with Gasteiger partial charge >= 0.3 is 13.1 Å². The SMILES string of the molecule is CC(B1OC(C)(C)C(C)(C)O1)[C@H](C)OCCCCCC(=O)O. The maximum absolute atomic E-state index is 10.4. The number of carbonyl (C=O) groups is 1. The summed E-state index contributed by atoms with van der Waals surface area (Å²) in [6, 6.07) is 0. The van der Waals surface area contributed by atoms with Crippen molar-refractivity contribution in [3.05, 3.63) is 0 Å². The maximum atomic E-state index is 10.4. The Morgan fingerprint density at radius 2 is 1.64 bits per heavy atom. The zero-order valence-electron chi connectivity index (χ0n) is 14.8. The predicted octanol–water partition coefficient (Wildman–Crippen LogP) is 3.52. The molecule has 0 radical (unpaired) electrons. The predicted molar refractivity (Wildman–Crippen MR) is 87.0 cm³/mol. The maximum Gasteiger partial charge on any atom is 0.463 e. The molecule has 0 aromatic heterocycles. The van der Waals surface area contributed by atoms with Crippen LogP contribution in [0.3, 0.4) is 0 Å². The van der Waals surface area contributed by atoms with E-state index < -0.39 is 5.97 Å². The number of rotatable bonds is 9. The largest absolute Gasteiger partial charge is 0.481 e. The molecule has 0 aromatic rings. The van der Waals surface area contributed by atoms with Crippen LogP contribution in [0.4, 0.5) is 0 Å². The zero-order chi connectivity index (χ0) is 17.0. The molecule has 6 heteroatoms. The van der Waals surface area contributed by atoms with Gasteiger partial charge in [-0.1, -0.05) is 13.3 Å². The molecule has 1 N–H and O–H groups in total. The third kappa shape index (κ3) is 5.25. The van der Waals surface area contributed by atoms with Crippen molar-refractivity contribution < 1.29 is 23.9 Å². The van der Waals surface area contributed by atoms with Gasteiger partial charge in [-0.25, -0.2) is 0 Å². The summed E-state index contributed by atoms with van der Waals surface area (Å²) < 4.78 is 18.0. The lowest BCUT2D eigenvalue weighted by Crippen LogP contribution is -2.41. The van der Waals surface area contributed by atoms with Crippen molar-refractivity contribution in [3.8, 4) is 0 Å². The zero-order valence-corrected chi connectivity index (χ0v) is 14.8. The lowest BCUT2D eigenvalue weighted by atomic mass is 9.70. The van der Waals surface area contributed by atoms with E-state index in [-0.39, 0.29) is 36.7 Å². The van der Waals surface area contributed by atoms with Gasteiger partial charge in [-0.3, -0.25) is 4.79 Å². The molecule has 0 amide bonds. The van der Waals surface area contributed by atoms with Crippen LogP contribution >= 0.6 is 0 Å². The molecule has 5 nitrogen and oxygen atoms in total. The first-order chi connectivity index (χ1) is 10.1. The van der Waals surface area contributed by atoms with Crippen molar-refractivity contribution in [2.45, 2.75) is 90.3 Å². The number of carboxylic acid groups (broad SMARTS) is 1. The molecular weight excluding hydrogens is 283 g/mol. The van der Waals surface area contributed by atoms with Crippen LogP contribution in [0.25, 0.3) is 0 Å². The van der Waals surface area contributed by atoms with E-state index in [1.54, 1.807) is 0 Å². The minimum atomic E-state index is -0.733. The number of aliphatic carboxylic acids is 1. The highest BCUT2D eigenvalue weighted by atomic mass is 16.7. The van der Waals surface area contributed by atoms with Crippen molar-refractivity contribution in [1.82, 2.24) is 0 Å². The average molecular weight is 314 g/mol. The van der Waals surface area contributed by atoms with Crippen molar-refractivity contribution in [1.29, 1.82) is 0 Å². The van der Waals surface area contributed by atoms with Gasteiger partial charge in [0, 0.05) is 18.8 Å². The van der Waals surface area contributed by atoms with Crippen LogP contribution in [0.5, 0.6) is 0 Å². The number of hydrogen-bond donors (Lipinski definition) is 1. The van der Waals surface area contributed by atoms with Crippen molar-refractivity contribution in [2.75, 3.05) is 6.61 Å². The van der Waals surface area contributed by atoms with E-state index >= 15 is 0 Å². The molecule has 128 valence electrons. The van der Waals surface area contributed by atoms with E-state index in [0.29, 0.717) is 13.0 Å². The number of carboxylic acids is 1. The minimum absolute atomic E-state index is 0.0363. The molecule has 1 unspecified atom stereocenters. The topological polar surface area (TPSA) is 65.0 Å². The lowest BCUT2D eigenvalue weighted by molar-refractivity contribution is -0.137. The quantitative estimate of drug-likeness (QED) is 0.521. The Kier molecular flexibility index (Phi) is 6.90. The van der Waals surface area contributed by atoms with Gasteiger partial charge in [0.25, 0.3) is 0 Å². The summed E-state index contributed by atoms with van der Waals surface area (Å²) in [7, 11) is -0.257. The minimum Gasteiger partial charge on any atom is -0.481 e. The molecule has 1 saturated heterocycles. The highest BCUT2D eigenvalue weighted by Crippen LogP contribution is 2.40. The molecule has 1 fully saturated rings. The Morgan fingerprint density at radius 1 is 1.09 bits per heavy atom. The number of ether oxygens (including phenoxy) is 1. The van der Waals surface area contributed by atoms with Gasteiger partial charge in [-0.05, 0) is 47.5 Å². The molecule has 0 aliphatic carbocycles. The van der Waals surface area contributed by atoms with E-state index in [1.807, 2.05) is 34.6 Å². The fourth-order valence-electron chi connectivity index (χ4n) is 2.30. The van der Waals surface area contributed by atoms with E-state index in [0.717, 1.165) is 12.8 Å². The second-order valence-electron chi connectivity index (χ2n) is 7.26. The van der Waals surface area contributed by atoms with Gasteiger partial charge in [-0.2, -0.15) is 0 Å². The number of hydrogen-bond acceptors (Lipinski definition) is 4. The van der Waals surface area contributed by atoms with Crippen LogP contribution in [-0.4, -0.2) is 42.1 Å². The fourth-order valence-corrected chi connectivity index (χ4v) is 2.30.